The molecule has 58 valence electrons. The van der Waals surface area contributed by atoms with Crippen LogP contribution in [0.15, 0.2) is 11.5 Å². The first-order valence-corrected chi connectivity index (χ1v) is 5.04. The Bertz CT molecular complexity index is 108. The minimum absolute atomic E-state index is 0.876. The minimum Gasteiger partial charge on any atom is -0.131 e. The highest BCUT2D eigenvalue weighted by atomic mass is 32.2. The van der Waals surface area contributed by atoms with Crippen molar-refractivity contribution in [3.8, 4) is 0 Å². The molecule has 0 N–H and O–H groups in total. The minimum atomic E-state index is 0.876. The normalized spacial score (nSPS) is 24.5. The summed E-state index contributed by atoms with van der Waals surface area (Å²) in [6.07, 6.45) is 6.38. The molecule has 0 bridgehead atoms. The fraction of sp³-hybridized carbons (Fsp3) is 0.778. The number of rotatable bonds is 3. The van der Waals surface area contributed by atoms with Crippen LogP contribution in [0.25, 0.3) is 0 Å². The summed E-state index contributed by atoms with van der Waals surface area (Å²) in [5.41, 5.74) is 0. The smallest absolute Gasteiger partial charge is 0.0123 e. The van der Waals surface area contributed by atoms with Gasteiger partial charge in [-0.15, -0.1) is 11.8 Å². The van der Waals surface area contributed by atoms with Gasteiger partial charge in [0.25, 0.3) is 0 Å². The highest BCUT2D eigenvalue weighted by Gasteiger charge is 2.10. The molecule has 1 aliphatic rings. The fourth-order valence-electron chi connectivity index (χ4n) is 1.13. The Balaban J connectivity index is 2.03. The average Bonchev–Trinajstić information content (AvgIpc) is 2.34. The standard InChI is InChI=1S/C9H16S/c1-8(2)5-6-9-4-3-7-10-9/h3,7-9H,4-6H2,1-2H3. The van der Waals surface area contributed by atoms with Crippen molar-refractivity contribution in [1.82, 2.24) is 0 Å². The average molecular weight is 156 g/mol. The molecule has 1 aliphatic heterocycles. The van der Waals surface area contributed by atoms with Crippen LogP contribution in [-0.2, 0) is 0 Å². The molecule has 0 saturated carbocycles. The summed E-state index contributed by atoms with van der Waals surface area (Å²) in [5.74, 6) is 0.876. The highest BCUT2D eigenvalue weighted by molar-refractivity contribution is 8.02. The summed E-state index contributed by atoms with van der Waals surface area (Å²) in [5, 5.41) is 3.15. The molecule has 0 fully saturated rings. The van der Waals surface area contributed by atoms with Gasteiger partial charge in [-0.2, -0.15) is 0 Å². The topological polar surface area (TPSA) is 0 Å². The Labute approximate surface area is 68.1 Å². The molecule has 0 aromatic rings. The zero-order valence-corrected chi connectivity index (χ0v) is 7.66. The lowest BCUT2D eigenvalue weighted by Crippen LogP contribution is -1.99. The van der Waals surface area contributed by atoms with Gasteiger partial charge in [0.1, 0.15) is 0 Å². The molecule has 0 amide bonds. The van der Waals surface area contributed by atoms with Crippen molar-refractivity contribution in [3.63, 3.8) is 0 Å². The number of hydrogen-bond acceptors (Lipinski definition) is 1. The third-order valence-electron chi connectivity index (χ3n) is 1.83. The summed E-state index contributed by atoms with van der Waals surface area (Å²) >= 11 is 2.00. The van der Waals surface area contributed by atoms with E-state index in [0.717, 1.165) is 11.2 Å². The van der Waals surface area contributed by atoms with Crippen LogP contribution in [0.1, 0.15) is 33.1 Å². The van der Waals surface area contributed by atoms with Crippen molar-refractivity contribution in [2.24, 2.45) is 5.92 Å². The predicted octanol–water partition coefficient (Wildman–Crippen LogP) is 3.44. The van der Waals surface area contributed by atoms with Gasteiger partial charge in [-0.1, -0.05) is 19.9 Å². The Morgan fingerprint density at radius 3 is 2.90 bits per heavy atom. The first-order valence-electron chi connectivity index (χ1n) is 4.09. The molecule has 0 radical (unpaired) electrons. The molecular formula is C9H16S. The maximum Gasteiger partial charge on any atom is 0.0123 e. The van der Waals surface area contributed by atoms with E-state index in [1.165, 1.54) is 19.3 Å². The summed E-state index contributed by atoms with van der Waals surface area (Å²) in [7, 11) is 0. The van der Waals surface area contributed by atoms with Gasteiger partial charge in [0.2, 0.25) is 0 Å². The van der Waals surface area contributed by atoms with E-state index >= 15 is 0 Å². The Hall–Kier alpha value is 0.0900. The van der Waals surface area contributed by atoms with Gasteiger partial charge in [-0.05, 0) is 30.6 Å². The lowest BCUT2D eigenvalue weighted by atomic mass is 10.1. The number of hydrogen-bond donors (Lipinski definition) is 0. The molecule has 0 aromatic carbocycles. The summed E-state index contributed by atoms with van der Waals surface area (Å²) in [6, 6.07) is 0. The molecule has 1 unspecified atom stereocenters. The second-order valence-electron chi connectivity index (χ2n) is 3.34. The SMILES string of the molecule is CC(C)CCC1CC=CS1. The fourth-order valence-corrected chi connectivity index (χ4v) is 2.07. The van der Waals surface area contributed by atoms with Crippen LogP contribution >= 0.6 is 11.8 Å². The summed E-state index contributed by atoms with van der Waals surface area (Å²) in [4.78, 5) is 0. The van der Waals surface area contributed by atoms with E-state index in [4.69, 9.17) is 0 Å². The van der Waals surface area contributed by atoms with E-state index in [1.807, 2.05) is 11.8 Å². The lowest BCUT2D eigenvalue weighted by molar-refractivity contribution is 0.548. The molecule has 1 rings (SSSR count). The van der Waals surface area contributed by atoms with Crippen molar-refractivity contribution in [1.29, 1.82) is 0 Å². The molecule has 0 nitrogen and oxygen atoms in total. The number of thioether (sulfide) groups is 1. The van der Waals surface area contributed by atoms with Crippen LogP contribution < -0.4 is 0 Å². The molecule has 0 aromatic heterocycles. The van der Waals surface area contributed by atoms with Crippen molar-refractivity contribution in [3.05, 3.63) is 11.5 Å². The molecular weight excluding hydrogens is 140 g/mol. The van der Waals surface area contributed by atoms with Crippen molar-refractivity contribution < 1.29 is 0 Å². The Kier molecular flexibility index (Phi) is 3.33. The molecule has 0 spiro atoms. The molecule has 1 heterocycles. The van der Waals surface area contributed by atoms with Gasteiger partial charge in [0.05, 0.1) is 0 Å². The van der Waals surface area contributed by atoms with E-state index < -0.39 is 0 Å². The van der Waals surface area contributed by atoms with E-state index in [1.54, 1.807) is 0 Å². The largest absolute Gasteiger partial charge is 0.131 e. The zero-order chi connectivity index (χ0) is 7.40. The molecule has 0 aliphatic carbocycles. The second kappa shape index (κ2) is 4.07. The van der Waals surface area contributed by atoms with Gasteiger partial charge in [0, 0.05) is 5.25 Å². The Morgan fingerprint density at radius 2 is 2.40 bits per heavy atom. The quantitative estimate of drug-likeness (QED) is 0.603. The van der Waals surface area contributed by atoms with Gasteiger partial charge < -0.3 is 0 Å². The van der Waals surface area contributed by atoms with Crippen LogP contribution in [0.5, 0.6) is 0 Å². The molecule has 0 saturated heterocycles. The van der Waals surface area contributed by atoms with E-state index in [0.29, 0.717) is 0 Å². The zero-order valence-electron chi connectivity index (χ0n) is 6.84. The lowest BCUT2D eigenvalue weighted by Gasteiger charge is -2.09. The summed E-state index contributed by atoms with van der Waals surface area (Å²) in [6.45, 7) is 4.60. The van der Waals surface area contributed by atoms with Gasteiger partial charge in [-0.25, -0.2) is 0 Å². The first-order chi connectivity index (χ1) is 4.79. The van der Waals surface area contributed by atoms with Gasteiger partial charge in [-0.3, -0.25) is 0 Å². The van der Waals surface area contributed by atoms with Crippen LogP contribution in [0.2, 0.25) is 0 Å². The van der Waals surface area contributed by atoms with Crippen molar-refractivity contribution in [2.75, 3.05) is 0 Å². The van der Waals surface area contributed by atoms with Gasteiger partial charge in [0.15, 0.2) is 0 Å². The van der Waals surface area contributed by atoms with Crippen molar-refractivity contribution >= 4 is 11.8 Å². The summed E-state index contributed by atoms with van der Waals surface area (Å²) < 4.78 is 0. The van der Waals surface area contributed by atoms with Crippen molar-refractivity contribution in [2.45, 2.75) is 38.4 Å². The van der Waals surface area contributed by atoms with Crippen LogP contribution in [-0.4, -0.2) is 5.25 Å². The monoisotopic (exact) mass is 156 g/mol. The number of allylic oxidation sites excluding steroid dienone is 1. The maximum absolute atomic E-state index is 2.30. The van der Waals surface area contributed by atoms with Crippen LogP contribution in [0.4, 0.5) is 0 Å². The van der Waals surface area contributed by atoms with E-state index in [-0.39, 0.29) is 0 Å². The van der Waals surface area contributed by atoms with Crippen LogP contribution in [0.3, 0.4) is 0 Å². The van der Waals surface area contributed by atoms with E-state index in [2.05, 4.69) is 25.3 Å². The molecule has 1 atom stereocenters. The predicted molar refractivity (Wildman–Crippen MR) is 49.2 cm³/mol. The molecule has 10 heavy (non-hydrogen) atoms. The Morgan fingerprint density at radius 1 is 1.60 bits per heavy atom. The second-order valence-corrected chi connectivity index (χ2v) is 4.55. The van der Waals surface area contributed by atoms with Gasteiger partial charge >= 0.3 is 0 Å². The third kappa shape index (κ3) is 2.78. The highest BCUT2D eigenvalue weighted by Crippen LogP contribution is 2.28. The first kappa shape index (κ1) is 8.19. The molecule has 1 heteroatoms. The van der Waals surface area contributed by atoms with Crippen LogP contribution in [0, 0.1) is 5.92 Å². The van der Waals surface area contributed by atoms with E-state index in [9.17, 15) is 0 Å². The third-order valence-corrected chi connectivity index (χ3v) is 2.99. The maximum atomic E-state index is 2.30.